The summed E-state index contributed by atoms with van der Waals surface area (Å²) in [7, 11) is 1.43. The van der Waals surface area contributed by atoms with Gasteiger partial charge < -0.3 is 4.74 Å². The fourth-order valence-electron chi connectivity index (χ4n) is 3.00. The minimum Gasteiger partial charge on any atom is -0.465 e. The van der Waals surface area contributed by atoms with Crippen LogP contribution >= 0.6 is 34.0 Å². The highest BCUT2D eigenvalue weighted by Crippen LogP contribution is 2.44. The van der Waals surface area contributed by atoms with Crippen LogP contribution in [0.1, 0.15) is 20.8 Å². The number of carbonyl (C=O) groups excluding carboxylic acids is 1. The fourth-order valence-corrected chi connectivity index (χ4v) is 6.11. The van der Waals surface area contributed by atoms with Gasteiger partial charge in [-0.1, -0.05) is 12.1 Å². The van der Waals surface area contributed by atoms with Crippen molar-refractivity contribution < 1.29 is 9.53 Å². The van der Waals surface area contributed by atoms with Crippen molar-refractivity contribution in [1.29, 1.82) is 0 Å². The molecule has 4 rings (SSSR count). The minimum atomic E-state index is -0.274. The van der Waals surface area contributed by atoms with Gasteiger partial charge in [-0.3, -0.25) is 0 Å². The third-order valence-corrected chi connectivity index (χ3v) is 7.53. The highest BCUT2D eigenvalue weighted by Gasteiger charge is 2.19. The van der Waals surface area contributed by atoms with Crippen LogP contribution in [0.5, 0.6) is 0 Å². The average molecular weight is 385 g/mol. The van der Waals surface area contributed by atoms with E-state index in [-0.39, 0.29) is 5.97 Å². The van der Waals surface area contributed by atoms with Crippen LogP contribution in [0, 0.1) is 13.8 Å². The number of carbonyl (C=O) groups is 1. The molecule has 0 unspecified atom stereocenters. The second kappa shape index (κ2) is 6.41. The standard InChI is InChI=1S/C20H16O2S3/c1-11-6-8-23-17(11)13-4-5-14(18-12(2)7-9-24-18)19-15(13)10-16(25-19)20(21)22-3/h4-10H,1-3H3. The lowest BCUT2D eigenvalue weighted by molar-refractivity contribution is 0.0606. The van der Waals surface area contributed by atoms with Gasteiger partial charge in [0.2, 0.25) is 0 Å². The van der Waals surface area contributed by atoms with E-state index in [2.05, 4.69) is 48.9 Å². The molecular weight excluding hydrogens is 368 g/mol. The van der Waals surface area contributed by atoms with E-state index in [0.717, 1.165) is 10.1 Å². The first-order chi connectivity index (χ1) is 12.1. The van der Waals surface area contributed by atoms with Crippen molar-refractivity contribution in [3.63, 3.8) is 0 Å². The molecule has 0 aliphatic heterocycles. The molecule has 5 heteroatoms. The molecule has 2 nitrogen and oxygen atoms in total. The van der Waals surface area contributed by atoms with Gasteiger partial charge >= 0.3 is 5.97 Å². The van der Waals surface area contributed by atoms with E-state index in [1.165, 1.54) is 50.5 Å². The van der Waals surface area contributed by atoms with E-state index < -0.39 is 0 Å². The molecule has 0 radical (unpaired) electrons. The van der Waals surface area contributed by atoms with Crippen molar-refractivity contribution in [3.8, 4) is 20.9 Å². The molecule has 0 aliphatic rings. The highest BCUT2D eigenvalue weighted by molar-refractivity contribution is 7.22. The Hall–Kier alpha value is -1.95. The molecule has 0 aliphatic carbocycles. The summed E-state index contributed by atoms with van der Waals surface area (Å²) in [5.74, 6) is -0.274. The number of rotatable bonds is 3. The Kier molecular flexibility index (Phi) is 4.23. The summed E-state index contributed by atoms with van der Waals surface area (Å²) >= 11 is 5.00. The van der Waals surface area contributed by atoms with E-state index >= 15 is 0 Å². The van der Waals surface area contributed by atoms with E-state index in [9.17, 15) is 4.79 Å². The summed E-state index contributed by atoms with van der Waals surface area (Å²) in [5.41, 5.74) is 4.91. The Bertz CT molecular complexity index is 1000. The molecule has 0 bridgehead atoms. The van der Waals surface area contributed by atoms with Crippen molar-refractivity contribution in [3.05, 3.63) is 57.1 Å². The lowest BCUT2D eigenvalue weighted by atomic mass is 10.0. The van der Waals surface area contributed by atoms with Crippen LogP contribution in [0.4, 0.5) is 0 Å². The Morgan fingerprint density at radius 3 is 2.08 bits per heavy atom. The summed E-state index contributed by atoms with van der Waals surface area (Å²) in [5, 5.41) is 5.35. The van der Waals surface area contributed by atoms with Gasteiger partial charge in [-0.15, -0.1) is 34.0 Å². The number of aryl methyl sites for hydroxylation is 2. The first-order valence-corrected chi connectivity index (χ1v) is 10.4. The predicted octanol–water partition coefficient (Wildman–Crippen LogP) is 6.76. The van der Waals surface area contributed by atoms with Crippen LogP contribution in [0.25, 0.3) is 31.0 Å². The molecule has 3 heterocycles. The number of fused-ring (bicyclic) bond motifs is 1. The Morgan fingerprint density at radius 2 is 1.52 bits per heavy atom. The number of thiophene rings is 3. The van der Waals surface area contributed by atoms with Gasteiger partial charge in [0.25, 0.3) is 0 Å². The number of ether oxygens (including phenoxy) is 1. The molecule has 0 N–H and O–H groups in total. The van der Waals surface area contributed by atoms with E-state index in [4.69, 9.17) is 4.74 Å². The van der Waals surface area contributed by atoms with Crippen LogP contribution in [-0.2, 0) is 4.74 Å². The average Bonchev–Trinajstić information content (AvgIpc) is 3.33. The maximum absolute atomic E-state index is 12.1. The predicted molar refractivity (Wildman–Crippen MR) is 109 cm³/mol. The molecule has 0 spiro atoms. The molecule has 0 fully saturated rings. The number of hydrogen-bond donors (Lipinski definition) is 0. The number of benzene rings is 1. The maximum atomic E-state index is 12.1. The molecule has 0 atom stereocenters. The first kappa shape index (κ1) is 16.5. The summed E-state index contributed by atoms with van der Waals surface area (Å²) in [6.07, 6.45) is 0. The lowest BCUT2D eigenvalue weighted by Gasteiger charge is -2.07. The summed E-state index contributed by atoms with van der Waals surface area (Å²) in [6.45, 7) is 4.26. The molecule has 0 saturated heterocycles. The SMILES string of the molecule is COC(=O)c1cc2c(-c3sccc3C)ccc(-c3sccc3C)c2s1. The number of esters is 1. The van der Waals surface area contributed by atoms with E-state index in [1.54, 1.807) is 22.7 Å². The second-order valence-corrected chi connectivity index (χ2v) is 8.76. The lowest BCUT2D eigenvalue weighted by Crippen LogP contribution is -1.96. The van der Waals surface area contributed by atoms with Crippen molar-refractivity contribution >= 4 is 50.1 Å². The van der Waals surface area contributed by atoms with Crippen LogP contribution in [0.3, 0.4) is 0 Å². The van der Waals surface area contributed by atoms with Gasteiger partial charge in [0.05, 0.1) is 7.11 Å². The van der Waals surface area contributed by atoms with Crippen molar-refractivity contribution in [2.75, 3.05) is 7.11 Å². The van der Waals surface area contributed by atoms with Crippen molar-refractivity contribution in [2.45, 2.75) is 13.8 Å². The summed E-state index contributed by atoms with van der Waals surface area (Å²) in [4.78, 5) is 15.3. The normalized spacial score (nSPS) is 11.2. The quantitative estimate of drug-likeness (QED) is 0.365. The molecular formula is C20H16O2S3. The molecule has 0 amide bonds. The second-order valence-electron chi connectivity index (χ2n) is 5.87. The van der Waals surface area contributed by atoms with Crippen LogP contribution in [-0.4, -0.2) is 13.1 Å². The van der Waals surface area contributed by atoms with Crippen LogP contribution < -0.4 is 0 Å². The maximum Gasteiger partial charge on any atom is 0.348 e. The van der Waals surface area contributed by atoms with Gasteiger partial charge in [-0.05, 0) is 53.9 Å². The minimum absolute atomic E-state index is 0.274. The van der Waals surface area contributed by atoms with Gasteiger partial charge in [0, 0.05) is 31.0 Å². The third kappa shape index (κ3) is 2.72. The van der Waals surface area contributed by atoms with Crippen LogP contribution in [0.15, 0.2) is 41.1 Å². The molecule has 25 heavy (non-hydrogen) atoms. The smallest absolute Gasteiger partial charge is 0.348 e. The van der Waals surface area contributed by atoms with Crippen molar-refractivity contribution in [1.82, 2.24) is 0 Å². The first-order valence-electron chi connectivity index (χ1n) is 7.84. The summed E-state index contributed by atoms with van der Waals surface area (Å²) in [6, 6.07) is 10.6. The van der Waals surface area contributed by atoms with Gasteiger partial charge in [0.1, 0.15) is 4.88 Å². The molecule has 4 aromatic rings. The van der Waals surface area contributed by atoms with Gasteiger partial charge in [0.15, 0.2) is 0 Å². The molecule has 126 valence electrons. The molecule has 3 aromatic heterocycles. The third-order valence-electron chi connectivity index (χ3n) is 4.28. The van der Waals surface area contributed by atoms with Crippen LogP contribution in [0.2, 0.25) is 0 Å². The fraction of sp³-hybridized carbons (Fsp3) is 0.150. The zero-order valence-corrected chi connectivity index (χ0v) is 16.5. The highest BCUT2D eigenvalue weighted by atomic mass is 32.1. The molecule has 1 aromatic carbocycles. The Morgan fingerprint density at radius 1 is 0.920 bits per heavy atom. The van der Waals surface area contributed by atoms with Gasteiger partial charge in [-0.2, -0.15) is 0 Å². The zero-order valence-electron chi connectivity index (χ0n) is 14.1. The van der Waals surface area contributed by atoms with Crippen molar-refractivity contribution in [2.24, 2.45) is 0 Å². The number of methoxy groups -OCH3 is 1. The monoisotopic (exact) mass is 384 g/mol. The van der Waals surface area contributed by atoms with Gasteiger partial charge in [-0.25, -0.2) is 4.79 Å². The van der Waals surface area contributed by atoms with E-state index in [1.807, 2.05) is 6.07 Å². The topological polar surface area (TPSA) is 26.3 Å². The largest absolute Gasteiger partial charge is 0.465 e. The Labute approximate surface area is 158 Å². The number of hydrogen-bond acceptors (Lipinski definition) is 5. The molecule has 0 saturated carbocycles. The Balaban J connectivity index is 2.04. The summed E-state index contributed by atoms with van der Waals surface area (Å²) < 4.78 is 6.10. The zero-order chi connectivity index (χ0) is 17.6. The van der Waals surface area contributed by atoms with E-state index in [0.29, 0.717) is 4.88 Å².